The van der Waals surface area contributed by atoms with E-state index >= 15 is 0 Å². The number of amides is 1. The van der Waals surface area contributed by atoms with Crippen LogP contribution in [0.4, 0.5) is 11.4 Å². The quantitative estimate of drug-likeness (QED) is 0.489. The molecule has 0 spiro atoms. The first-order valence-corrected chi connectivity index (χ1v) is 10.6. The summed E-state index contributed by atoms with van der Waals surface area (Å²) in [5.74, 6) is -0.00496. The van der Waals surface area contributed by atoms with E-state index in [9.17, 15) is 14.9 Å². The van der Waals surface area contributed by atoms with Crippen molar-refractivity contribution in [3.05, 3.63) is 68.7 Å². The number of nitrogens with zero attached hydrogens (tertiary/aromatic N) is 4. The summed E-state index contributed by atoms with van der Waals surface area (Å²) in [5, 5.41) is 11.7. The van der Waals surface area contributed by atoms with Crippen LogP contribution in [0.25, 0.3) is 0 Å². The lowest BCUT2D eigenvalue weighted by molar-refractivity contribution is -0.384. The van der Waals surface area contributed by atoms with Crippen molar-refractivity contribution >= 4 is 28.9 Å². The highest BCUT2D eigenvalue weighted by atomic mass is 35.5. The Kier molecular flexibility index (Phi) is 7.29. The molecule has 7 nitrogen and oxygen atoms in total. The normalized spacial score (nSPS) is 14.3. The van der Waals surface area contributed by atoms with Gasteiger partial charge in [-0.2, -0.15) is 0 Å². The van der Waals surface area contributed by atoms with E-state index < -0.39 is 4.92 Å². The van der Waals surface area contributed by atoms with Crippen molar-refractivity contribution in [2.45, 2.75) is 20.4 Å². The largest absolute Gasteiger partial charge is 0.362 e. The van der Waals surface area contributed by atoms with Crippen LogP contribution >= 0.6 is 11.6 Å². The fraction of sp³-hybridized carbons (Fsp3) is 0.409. The summed E-state index contributed by atoms with van der Waals surface area (Å²) in [5.41, 5.74) is 2.39. The number of nitro benzene ring substituents is 1. The smallest absolute Gasteiger partial charge is 0.294 e. The molecular weight excluding hydrogens is 404 g/mol. The number of anilines is 1. The summed E-state index contributed by atoms with van der Waals surface area (Å²) in [6.07, 6.45) is 0. The van der Waals surface area contributed by atoms with E-state index in [4.69, 9.17) is 11.6 Å². The summed E-state index contributed by atoms with van der Waals surface area (Å²) in [6.45, 7) is 9.24. The van der Waals surface area contributed by atoms with Crippen LogP contribution in [0.1, 0.15) is 29.8 Å². The molecular formula is C22H27ClN4O3. The van der Waals surface area contributed by atoms with Crippen molar-refractivity contribution < 1.29 is 9.72 Å². The van der Waals surface area contributed by atoms with Gasteiger partial charge < -0.3 is 9.80 Å². The number of nitro groups is 1. The molecule has 1 saturated heterocycles. The molecule has 0 unspecified atom stereocenters. The topological polar surface area (TPSA) is 69.9 Å². The first-order chi connectivity index (χ1) is 14.4. The Hall–Kier alpha value is -2.64. The molecule has 0 atom stereocenters. The number of hydrogen-bond acceptors (Lipinski definition) is 5. The van der Waals surface area contributed by atoms with Gasteiger partial charge >= 0.3 is 0 Å². The van der Waals surface area contributed by atoms with E-state index in [-0.39, 0.29) is 11.6 Å². The molecule has 3 rings (SSSR count). The summed E-state index contributed by atoms with van der Waals surface area (Å²) in [7, 11) is 0. The van der Waals surface area contributed by atoms with Gasteiger partial charge in [0.05, 0.1) is 4.92 Å². The fourth-order valence-corrected chi connectivity index (χ4v) is 3.87. The van der Waals surface area contributed by atoms with Gasteiger partial charge in [0, 0.05) is 49.4 Å². The van der Waals surface area contributed by atoms with Crippen LogP contribution in [0, 0.1) is 10.1 Å². The molecule has 2 aromatic carbocycles. The molecule has 2 aromatic rings. The third-order valence-electron chi connectivity index (χ3n) is 5.54. The molecule has 0 radical (unpaired) electrons. The van der Waals surface area contributed by atoms with E-state index in [0.29, 0.717) is 42.5 Å². The lowest BCUT2D eigenvalue weighted by Crippen LogP contribution is -2.49. The molecule has 0 aromatic heterocycles. The molecule has 1 aliphatic rings. The van der Waals surface area contributed by atoms with Crippen LogP contribution in [-0.2, 0) is 6.54 Å². The number of benzene rings is 2. The second kappa shape index (κ2) is 9.91. The van der Waals surface area contributed by atoms with E-state index in [1.165, 1.54) is 11.6 Å². The molecule has 1 fully saturated rings. The second-order valence-corrected chi connectivity index (χ2v) is 7.76. The average molecular weight is 431 g/mol. The van der Waals surface area contributed by atoms with Gasteiger partial charge in [0.25, 0.3) is 11.6 Å². The lowest BCUT2D eigenvalue weighted by atomic mass is 10.1. The van der Waals surface area contributed by atoms with Crippen LogP contribution in [-0.4, -0.2) is 59.9 Å². The molecule has 0 aliphatic carbocycles. The minimum absolute atomic E-state index is 0.00496. The van der Waals surface area contributed by atoms with Crippen LogP contribution in [0.2, 0.25) is 5.02 Å². The summed E-state index contributed by atoms with van der Waals surface area (Å²) in [6, 6.07) is 12.5. The van der Waals surface area contributed by atoms with Gasteiger partial charge in [0.2, 0.25) is 0 Å². The molecule has 0 saturated carbocycles. The third-order valence-corrected chi connectivity index (χ3v) is 5.78. The highest BCUT2D eigenvalue weighted by molar-refractivity contribution is 6.30. The molecule has 0 N–H and O–H groups in total. The van der Waals surface area contributed by atoms with Crippen LogP contribution in [0.3, 0.4) is 0 Å². The van der Waals surface area contributed by atoms with Gasteiger partial charge in [-0.05, 0) is 42.9 Å². The maximum atomic E-state index is 12.9. The zero-order chi connectivity index (χ0) is 21.7. The Bertz CT molecular complexity index is 892. The number of carbonyl (C=O) groups is 1. The predicted molar refractivity (Wildman–Crippen MR) is 119 cm³/mol. The molecule has 1 aliphatic heterocycles. The predicted octanol–water partition coefficient (Wildman–Crippen LogP) is 4.05. The second-order valence-electron chi connectivity index (χ2n) is 7.33. The fourth-order valence-electron chi connectivity index (χ4n) is 3.70. The highest BCUT2D eigenvalue weighted by Crippen LogP contribution is 2.31. The molecule has 1 amide bonds. The standard InChI is InChI=1S/C22H27ClN4O3/c1-3-24(4-2)16-17-5-7-18(8-6-17)22(28)26-13-11-25(12-14-26)20-10-9-19(23)15-21(20)27(29)30/h5-10,15H,3-4,11-14,16H2,1-2H3. The van der Waals surface area contributed by atoms with Crippen molar-refractivity contribution in [1.82, 2.24) is 9.80 Å². The first kappa shape index (κ1) is 22.1. The minimum Gasteiger partial charge on any atom is -0.362 e. The van der Waals surface area contributed by atoms with Crippen molar-refractivity contribution in [3.63, 3.8) is 0 Å². The molecule has 8 heteroatoms. The SMILES string of the molecule is CCN(CC)Cc1ccc(C(=O)N2CCN(c3ccc(Cl)cc3[N+](=O)[O-])CC2)cc1. The number of carbonyl (C=O) groups excluding carboxylic acids is 1. The van der Waals surface area contributed by atoms with Crippen molar-refractivity contribution in [1.29, 1.82) is 0 Å². The molecule has 30 heavy (non-hydrogen) atoms. The van der Waals surface area contributed by atoms with Crippen LogP contribution in [0.15, 0.2) is 42.5 Å². The van der Waals surface area contributed by atoms with Gasteiger partial charge in [-0.15, -0.1) is 0 Å². The number of hydrogen-bond donors (Lipinski definition) is 0. The van der Waals surface area contributed by atoms with Gasteiger partial charge in [-0.1, -0.05) is 37.6 Å². The Morgan fingerprint density at radius 3 is 2.27 bits per heavy atom. The van der Waals surface area contributed by atoms with Crippen molar-refractivity contribution in [3.8, 4) is 0 Å². The molecule has 160 valence electrons. The number of halogens is 1. The zero-order valence-corrected chi connectivity index (χ0v) is 18.1. The van der Waals surface area contributed by atoms with Gasteiger partial charge in [0.15, 0.2) is 0 Å². The van der Waals surface area contributed by atoms with Gasteiger partial charge in [-0.25, -0.2) is 0 Å². The van der Waals surface area contributed by atoms with E-state index in [1.807, 2.05) is 29.2 Å². The lowest BCUT2D eigenvalue weighted by Gasteiger charge is -2.35. The Morgan fingerprint density at radius 1 is 1.07 bits per heavy atom. The van der Waals surface area contributed by atoms with Gasteiger partial charge in [-0.3, -0.25) is 19.8 Å². The summed E-state index contributed by atoms with van der Waals surface area (Å²) >= 11 is 5.91. The average Bonchev–Trinajstić information content (AvgIpc) is 2.77. The van der Waals surface area contributed by atoms with Gasteiger partial charge in [0.1, 0.15) is 5.69 Å². The highest BCUT2D eigenvalue weighted by Gasteiger charge is 2.26. The van der Waals surface area contributed by atoms with E-state index in [0.717, 1.165) is 19.6 Å². The zero-order valence-electron chi connectivity index (χ0n) is 17.4. The molecule has 1 heterocycles. The number of piperazine rings is 1. The number of rotatable bonds is 7. The third kappa shape index (κ3) is 5.09. The van der Waals surface area contributed by atoms with Crippen LogP contribution < -0.4 is 4.90 Å². The first-order valence-electron chi connectivity index (χ1n) is 10.2. The summed E-state index contributed by atoms with van der Waals surface area (Å²) in [4.78, 5) is 29.9. The Balaban J connectivity index is 1.63. The Labute approximate surface area is 182 Å². The van der Waals surface area contributed by atoms with E-state index in [1.54, 1.807) is 17.0 Å². The van der Waals surface area contributed by atoms with Crippen molar-refractivity contribution in [2.75, 3.05) is 44.2 Å². The van der Waals surface area contributed by atoms with Crippen LogP contribution in [0.5, 0.6) is 0 Å². The monoisotopic (exact) mass is 430 g/mol. The minimum atomic E-state index is -0.418. The summed E-state index contributed by atoms with van der Waals surface area (Å²) < 4.78 is 0. The Morgan fingerprint density at radius 2 is 1.70 bits per heavy atom. The maximum absolute atomic E-state index is 12.9. The van der Waals surface area contributed by atoms with Crippen molar-refractivity contribution in [2.24, 2.45) is 0 Å². The maximum Gasteiger partial charge on any atom is 0.294 e. The molecule has 0 bridgehead atoms. The van der Waals surface area contributed by atoms with E-state index in [2.05, 4.69) is 18.7 Å².